The zero-order valence-corrected chi connectivity index (χ0v) is 15.3. The van der Waals surface area contributed by atoms with E-state index in [1.54, 1.807) is 12.1 Å². The zero-order chi connectivity index (χ0) is 19.0. The monoisotopic (exact) mass is 363 g/mol. The van der Waals surface area contributed by atoms with Gasteiger partial charge in [-0.15, -0.1) is 0 Å². The van der Waals surface area contributed by atoms with Gasteiger partial charge in [0.15, 0.2) is 0 Å². The molecule has 1 aliphatic heterocycles. The second-order valence-corrected chi connectivity index (χ2v) is 7.57. The molecule has 1 aliphatic rings. The Labute approximate surface area is 157 Å². The van der Waals surface area contributed by atoms with Crippen LogP contribution in [0.4, 0.5) is 4.39 Å². The molecule has 0 saturated carbocycles. The highest BCUT2D eigenvalue weighted by molar-refractivity contribution is 6.07. The fourth-order valence-electron chi connectivity index (χ4n) is 3.65. The molecule has 2 heterocycles. The normalized spacial score (nSPS) is 19.6. The highest BCUT2D eigenvalue weighted by Gasteiger charge is 2.35. The quantitative estimate of drug-likeness (QED) is 0.769. The van der Waals surface area contributed by atoms with Crippen molar-refractivity contribution in [2.75, 3.05) is 19.6 Å². The standard InChI is InChI=1S/C22H22FN3O/c1-22(13-24)10-11-26(14-22)21(27)18-12-20(15-6-8-16(23)9-7-15)25-19-5-3-2-4-17(18)19/h2-9,12H,10-11,13-14,24H2,1H3. The van der Waals surface area contributed by atoms with E-state index in [0.717, 1.165) is 22.9 Å². The van der Waals surface area contributed by atoms with Crippen LogP contribution in [0.2, 0.25) is 0 Å². The Morgan fingerprint density at radius 1 is 1.22 bits per heavy atom. The number of nitrogens with two attached hydrogens (primary N) is 1. The van der Waals surface area contributed by atoms with E-state index < -0.39 is 0 Å². The average Bonchev–Trinajstić information content (AvgIpc) is 3.10. The Morgan fingerprint density at radius 3 is 2.67 bits per heavy atom. The highest BCUT2D eigenvalue weighted by Crippen LogP contribution is 2.32. The summed E-state index contributed by atoms with van der Waals surface area (Å²) in [4.78, 5) is 19.9. The van der Waals surface area contributed by atoms with Gasteiger partial charge in [-0.3, -0.25) is 4.79 Å². The first-order valence-electron chi connectivity index (χ1n) is 9.14. The minimum absolute atomic E-state index is 0.00543. The van der Waals surface area contributed by atoms with Gasteiger partial charge in [0.1, 0.15) is 5.82 Å². The molecule has 0 bridgehead atoms. The molecule has 5 heteroatoms. The first-order chi connectivity index (χ1) is 13.0. The van der Waals surface area contributed by atoms with Gasteiger partial charge >= 0.3 is 0 Å². The molecule has 1 saturated heterocycles. The lowest BCUT2D eigenvalue weighted by Gasteiger charge is -2.23. The molecular formula is C22H22FN3O. The van der Waals surface area contributed by atoms with Gasteiger partial charge in [-0.1, -0.05) is 25.1 Å². The molecule has 0 radical (unpaired) electrons. The zero-order valence-electron chi connectivity index (χ0n) is 15.3. The van der Waals surface area contributed by atoms with Crippen LogP contribution in [0.25, 0.3) is 22.2 Å². The third-order valence-corrected chi connectivity index (χ3v) is 5.42. The number of halogens is 1. The van der Waals surface area contributed by atoms with Crippen LogP contribution in [0.1, 0.15) is 23.7 Å². The van der Waals surface area contributed by atoms with Crippen LogP contribution >= 0.6 is 0 Å². The number of pyridine rings is 1. The number of aromatic nitrogens is 1. The minimum Gasteiger partial charge on any atom is -0.338 e. The molecule has 3 aromatic rings. The molecule has 1 amide bonds. The SMILES string of the molecule is CC1(CN)CCN(C(=O)c2cc(-c3ccc(F)cc3)nc3ccccc23)C1. The summed E-state index contributed by atoms with van der Waals surface area (Å²) < 4.78 is 13.3. The largest absolute Gasteiger partial charge is 0.338 e. The number of hydrogen-bond acceptors (Lipinski definition) is 3. The molecule has 1 fully saturated rings. The molecule has 27 heavy (non-hydrogen) atoms. The number of rotatable bonds is 3. The Kier molecular flexibility index (Phi) is 4.40. The molecule has 2 aromatic carbocycles. The summed E-state index contributed by atoms with van der Waals surface area (Å²) in [6.45, 7) is 4.05. The van der Waals surface area contributed by atoms with Crippen LogP contribution in [0.15, 0.2) is 54.6 Å². The average molecular weight is 363 g/mol. The number of amides is 1. The van der Waals surface area contributed by atoms with Crippen LogP contribution in [0, 0.1) is 11.2 Å². The van der Waals surface area contributed by atoms with E-state index in [1.165, 1.54) is 12.1 Å². The van der Waals surface area contributed by atoms with Crippen molar-refractivity contribution in [3.63, 3.8) is 0 Å². The lowest BCUT2D eigenvalue weighted by Crippen LogP contribution is -2.34. The van der Waals surface area contributed by atoms with E-state index in [0.29, 0.717) is 30.9 Å². The number of fused-ring (bicyclic) bond motifs is 1. The second-order valence-electron chi connectivity index (χ2n) is 7.57. The molecule has 2 N–H and O–H groups in total. The van der Waals surface area contributed by atoms with Gasteiger partial charge in [0.25, 0.3) is 5.91 Å². The molecule has 4 nitrogen and oxygen atoms in total. The van der Waals surface area contributed by atoms with Crippen molar-refractivity contribution in [3.05, 3.63) is 66.0 Å². The van der Waals surface area contributed by atoms with Gasteiger partial charge in [-0.25, -0.2) is 9.37 Å². The number of para-hydroxylation sites is 1. The summed E-state index contributed by atoms with van der Waals surface area (Å²) >= 11 is 0. The van der Waals surface area contributed by atoms with Crippen molar-refractivity contribution < 1.29 is 9.18 Å². The van der Waals surface area contributed by atoms with Crippen molar-refractivity contribution in [2.24, 2.45) is 11.1 Å². The maximum Gasteiger partial charge on any atom is 0.254 e. The lowest BCUT2D eigenvalue weighted by atomic mass is 9.90. The van der Waals surface area contributed by atoms with E-state index in [1.807, 2.05) is 35.2 Å². The van der Waals surface area contributed by atoms with Gasteiger partial charge in [-0.2, -0.15) is 0 Å². The predicted molar refractivity (Wildman–Crippen MR) is 105 cm³/mol. The van der Waals surface area contributed by atoms with E-state index in [9.17, 15) is 9.18 Å². The Morgan fingerprint density at radius 2 is 1.96 bits per heavy atom. The Bertz CT molecular complexity index is 1000. The number of carbonyl (C=O) groups excluding carboxylic acids is 1. The van der Waals surface area contributed by atoms with E-state index in [-0.39, 0.29) is 17.1 Å². The molecular weight excluding hydrogens is 341 g/mol. The Hall–Kier alpha value is -2.79. The number of benzene rings is 2. The van der Waals surface area contributed by atoms with Crippen LogP contribution in [0.5, 0.6) is 0 Å². The molecule has 0 aliphatic carbocycles. The summed E-state index contributed by atoms with van der Waals surface area (Å²) in [7, 11) is 0. The van der Waals surface area contributed by atoms with Crippen LogP contribution < -0.4 is 5.73 Å². The van der Waals surface area contributed by atoms with Crippen molar-refractivity contribution in [1.82, 2.24) is 9.88 Å². The van der Waals surface area contributed by atoms with Crippen molar-refractivity contribution in [1.29, 1.82) is 0 Å². The number of likely N-dealkylation sites (tertiary alicyclic amines) is 1. The maximum atomic E-state index is 13.3. The summed E-state index contributed by atoms with van der Waals surface area (Å²) in [6.07, 6.45) is 0.906. The molecule has 1 unspecified atom stereocenters. The second kappa shape index (κ2) is 6.74. The van der Waals surface area contributed by atoms with Crippen LogP contribution in [-0.4, -0.2) is 35.4 Å². The maximum absolute atomic E-state index is 13.3. The third kappa shape index (κ3) is 3.30. The Balaban J connectivity index is 1.79. The van der Waals surface area contributed by atoms with Crippen molar-refractivity contribution >= 4 is 16.8 Å². The van der Waals surface area contributed by atoms with Gasteiger partial charge in [0, 0.05) is 24.0 Å². The fraction of sp³-hybridized carbons (Fsp3) is 0.273. The smallest absolute Gasteiger partial charge is 0.254 e. The molecule has 4 rings (SSSR count). The first-order valence-corrected chi connectivity index (χ1v) is 9.14. The predicted octanol–water partition coefficient (Wildman–Crippen LogP) is 3.85. The summed E-state index contributed by atoms with van der Waals surface area (Å²) in [5, 5.41) is 0.828. The van der Waals surface area contributed by atoms with Gasteiger partial charge < -0.3 is 10.6 Å². The minimum atomic E-state index is -0.297. The summed E-state index contributed by atoms with van der Waals surface area (Å²) in [6, 6.07) is 15.6. The van der Waals surface area contributed by atoms with Gasteiger partial charge in [-0.05, 0) is 54.8 Å². The van der Waals surface area contributed by atoms with Gasteiger partial charge in [0.2, 0.25) is 0 Å². The first kappa shape index (κ1) is 17.6. The lowest BCUT2D eigenvalue weighted by molar-refractivity contribution is 0.0779. The van der Waals surface area contributed by atoms with E-state index >= 15 is 0 Å². The molecule has 1 atom stereocenters. The van der Waals surface area contributed by atoms with Crippen molar-refractivity contribution in [2.45, 2.75) is 13.3 Å². The summed E-state index contributed by atoms with van der Waals surface area (Å²) in [5.41, 5.74) is 8.69. The molecule has 138 valence electrons. The third-order valence-electron chi connectivity index (χ3n) is 5.42. The number of carbonyl (C=O) groups is 1. The van der Waals surface area contributed by atoms with Crippen molar-refractivity contribution in [3.8, 4) is 11.3 Å². The van der Waals surface area contributed by atoms with E-state index in [4.69, 9.17) is 5.73 Å². The van der Waals surface area contributed by atoms with Gasteiger partial charge in [0.05, 0.1) is 16.8 Å². The number of nitrogens with zero attached hydrogens (tertiary/aromatic N) is 2. The topological polar surface area (TPSA) is 59.2 Å². The van der Waals surface area contributed by atoms with E-state index in [2.05, 4.69) is 11.9 Å². The molecule has 0 spiro atoms. The van der Waals surface area contributed by atoms with Crippen LogP contribution in [0.3, 0.4) is 0 Å². The fourth-order valence-corrected chi connectivity index (χ4v) is 3.65. The molecule has 1 aromatic heterocycles. The number of hydrogen-bond donors (Lipinski definition) is 1. The highest BCUT2D eigenvalue weighted by atomic mass is 19.1. The van der Waals surface area contributed by atoms with Crippen LogP contribution in [-0.2, 0) is 0 Å². The summed E-state index contributed by atoms with van der Waals surface area (Å²) in [5.74, 6) is -0.303.